The quantitative estimate of drug-likeness (QED) is 0.719. The second-order valence-corrected chi connectivity index (χ2v) is 3.67. The van der Waals surface area contributed by atoms with Gasteiger partial charge in [0.05, 0.1) is 12.5 Å². The van der Waals surface area contributed by atoms with Gasteiger partial charge in [0.2, 0.25) is 5.91 Å². The molecule has 1 unspecified atom stereocenters. The number of aromatic amines is 1. The minimum Gasteiger partial charge on any atom is -0.391 e. The van der Waals surface area contributed by atoms with Crippen molar-refractivity contribution < 1.29 is 9.90 Å². The maximum absolute atomic E-state index is 11.3. The Labute approximate surface area is 82.5 Å². The summed E-state index contributed by atoms with van der Waals surface area (Å²) in [5.74, 6) is 0.0630. The van der Waals surface area contributed by atoms with Gasteiger partial charge in [0.25, 0.3) is 0 Å². The van der Waals surface area contributed by atoms with Gasteiger partial charge in [-0.05, 0) is 18.1 Å². The van der Waals surface area contributed by atoms with Crippen molar-refractivity contribution in [2.45, 2.75) is 18.9 Å². The van der Waals surface area contributed by atoms with Crippen molar-refractivity contribution in [1.82, 2.24) is 9.88 Å². The van der Waals surface area contributed by atoms with Crippen LogP contribution < -0.4 is 0 Å². The summed E-state index contributed by atoms with van der Waals surface area (Å²) >= 11 is 0. The lowest BCUT2D eigenvalue weighted by molar-refractivity contribution is -0.127. The number of hydrogen-bond acceptors (Lipinski definition) is 2. The van der Waals surface area contributed by atoms with Crippen molar-refractivity contribution in [3.63, 3.8) is 0 Å². The fourth-order valence-corrected chi connectivity index (χ4v) is 1.75. The van der Waals surface area contributed by atoms with Crippen molar-refractivity contribution in [3.8, 4) is 0 Å². The highest BCUT2D eigenvalue weighted by atomic mass is 16.3. The third-order valence-electron chi connectivity index (χ3n) is 2.53. The standard InChI is InChI=1S/C10H14N2O2/c13-9-5-10(14)12(7-9)4-2-8-1-3-11-6-8/h1,3,6,9,11,13H,2,4-5,7H2. The number of carbonyl (C=O) groups excluding carboxylic acids is 1. The average molecular weight is 194 g/mol. The Kier molecular flexibility index (Phi) is 2.54. The van der Waals surface area contributed by atoms with E-state index in [0.29, 0.717) is 13.1 Å². The molecule has 14 heavy (non-hydrogen) atoms. The minimum absolute atomic E-state index is 0.0630. The number of β-amino-alcohol motifs (C(OH)–C–C–N with tert-alkyl or cyclic N) is 1. The number of H-pyrrole nitrogens is 1. The van der Waals surface area contributed by atoms with Gasteiger partial charge in [-0.2, -0.15) is 0 Å². The molecule has 1 aliphatic heterocycles. The molecule has 2 rings (SSSR count). The lowest BCUT2D eigenvalue weighted by atomic mass is 10.2. The Balaban J connectivity index is 1.84. The fraction of sp³-hybridized carbons (Fsp3) is 0.500. The van der Waals surface area contributed by atoms with Crippen molar-refractivity contribution in [3.05, 3.63) is 24.0 Å². The summed E-state index contributed by atoms with van der Waals surface area (Å²) in [5.41, 5.74) is 1.19. The number of nitrogens with zero attached hydrogens (tertiary/aromatic N) is 1. The topological polar surface area (TPSA) is 56.3 Å². The maximum atomic E-state index is 11.3. The first-order valence-electron chi connectivity index (χ1n) is 4.83. The summed E-state index contributed by atoms with van der Waals surface area (Å²) in [5, 5.41) is 9.26. The van der Waals surface area contributed by atoms with Gasteiger partial charge in [-0.3, -0.25) is 4.79 Å². The SMILES string of the molecule is O=C1CC(O)CN1CCc1cc[nH]c1. The number of nitrogens with one attached hydrogen (secondary N) is 1. The van der Waals surface area contributed by atoms with Crippen LogP contribution in [-0.4, -0.2) is 40.1 Å². The van der Waals surface area contributed by atoms with Crippen molar-refractivity contribution in [1.29, 1.82) is 0 Å². The predicted molar refractivity (Wildman–Crippen MR) is 51.7 cm³/mol. The summed E-state index contributed by atoms with van der Waals surface area (Å²) < 4.78 is 0. The van der Waals surface area contributed by atoms with E-state index >= 15 is 0 Å². The van der Waals surface area contributed by atoms with Crippen LogP contribution in [0.15, 0.2) is 18.5 Å². The third kappa shape index (κ3) is 1.96. The van der Waals surface area contributed by atoms with Crippen LogP contribution >= 0.6 is 0 Å². The highest BCUT2D eigenvalue weighted by Gasteiger charge is 2.27. The Morgan fingerprint density at radius 3 is 3.07 bits per heavy atom. The highest BCUT2D eigenvalue weighted by Crippen LogP contribution is 2.11. The molecule has 0 saturated carbocycles. The molecule has 1 aromatic heterocycles. The van der Waals surface area contributed by atoms with Gasteiger partial charge in [0.1, 0.15) is 0 Å². The van der Waals surface area contributed by atoms with Gasteiger partial charge < -0.3 is 15.0 Å². The molecule has 0 aliphatic carbocycles. The molecular formula is C10H14N2O2. The van der Waals surface area contributed by atoms with Gasteiger partial charge in [-0.1, -0.05) is 0 Å². The second-order valence-electron chi connectivity index (χ2n) is 3.67. The van der Waals surface area contributed by atoms with E-state index in [0.717, 1.165) is 6.42 Å². The van der Waals surface area contributed by atoms with Gasteiger partial charge in [0, 0.05) is 25.5 Å². The molecule has 1 fully saturated rings. The van der Waals surface area contributed by atoms with E-state index in [1.165, 1.54) is 5.56 Å². The summed E-state index contributed by atoms with van der Waals surface area (Å²) in [6.45, 7) is 1.19. The van der Waals surface area contributed by atoms with E-state index in [-0.39, 0.29) is 12.3 Å². The number of likely N-dealkylation sites (tertiary alicyclic amines) is 1. The molecule has 0 bridgehead atoms. The van der Waals surface area contributed by atoms with E-state index in [2.05, 4.69) is 4.98 Å². The number of hydrogen-bond donors (Lipinski definition) is 2. The van der Waals surface area contributed by atoms with Crippen LogP contribution in [-0.2, 0) is 11.2 Å². The molecule has 1 atom stereocenters. The van der Waals surface area contributed by atoms with E-state index < -0.39 is 6.10 Å². The van der Waals surface area contributed by atoms with Crippen LogP contribution in [0.2, 0.25) is 0 Å². The normalized spacial score (nSPS) is 21.9. The summed E-state index contributed by atoms with van der Waals surface area (Å²) in [6.07, 6.45) is 4.47. The molecule has 0 aromatic carbocycles. The van der Waals surface area contributed by atoms with Crippen LogP contribution in [0.1, 0.15) is 12.0 Å². The van der Waals surface area contributed by atoms with Gasteiger partial charge in [0.15, 0.2) is 0 Å². The number of aromatic nitrogens is 1. The molecule has 2 heterocycles. The number of carbonyl (C=O) groups is 1. The second kappa shape index (κ2) is 3.84. The van der Waals surface area contributed by atoms with E-state index in [1.807, 2.05) is 18.5 Å². The van der Waals surface area contributed by atoms with Gasteiger partial charge in [-0.15, -0.1) is 0 Å². The number of rotatable bonds is 3. The highest BCUT2D eigenvalue weighted by molar-refractivity contribution is 5.78. The minimum atomic E-state index is -0.464. The summed E-state index contributed by atoms with van der Waals surface area (Å²) in [7, 11) is 0. The van der Waals surface area contributed by atoms with Crippen LogP contribution in [0.3, 0.4) is 0 Å². The van der Waals surface area contributed by atoms with Crippen molar-refractivity contribution in [2.75, 3.05) is 13.1 Å². The monoisotopic (exact) mass is 194 g/mol. The number of amides is 1. The first-order valence-corrected chi connectivity index (χ1v) is 4.83. The smallest absolute Gasteiger partial charge is 0.225 e. The van der Waals surface area contributed by atoms with E-state index in [9.17, 15) is 9.90 Å². The number of aliphatic hydroxyl groups excluding tert-OH is 1. The lowest BCUT2D eigenvalue weighted by Gasteiger charge is -2.14. The fourth-order valence-electron chi connectivity index (χ4n) is 1.75. The molecule has 76 valence electrons. The maximum Gasteiger partial charge on any atom is 0.225 e. The average Bonchev–Trinajstić information content (AvgIpc) is 2.72. The van der Waals surface area contributed by atoms with Crippen molar-refractivity contribution >= 4 is 5.91 Å². The van der Waals surface area contributed by atoms with Crippen molar-refractivity contribution in [2.24, 2.45) is 0 Å². The largest absolute Gasteiger partial charge is 0.391 e. The molecule has 0 spiro atoms. The summed E-state index contributed by atoms with van der Waals surface area (Å²) in [6, 6.07) is 2.00. The lowest BCUT2D eigenvalue weighted by Crippen LogP contribution is -2.28. The predicted octanol–water partition coefficient (Wildman–Crippen LogP) is 0.150. The Morgan fingerprint density at radius 2 is 2.50 bits per heavy atom. The van der Waals surface area contributed by atoms with Gasteiger partial charge in [-0.25, -0.2) is 0 Å². The first-order chi connectivity index (χ1) is 6.75. The molecule has 4 nitrogen and oxygen atoms in total. The molecule has 4 heteroatoms. The molecule has 0 radical (unpaired) electrons. The zero-order valence-electron chi connectivity index (χ0n) is 7.94. The molecule has 1 amide bonds. The van der Waals surface area contributed by atoms with E-state index in [4.69, 9.17) is 0 Å². The third-order valence-corrected chi connectivity index (χ3v) is 2.53. The first kappa shape index (κ1) is 9.27. The number of aliphatic hydroxyl groups is 1. The zero-order valence-corrected chi connectivity index (χ0v) is 7.94. The van der Waals surface area contributed by atoms with E-state index in [1.54, 1.807) is 4.90 Å². The van der Waals surface area contributed by atoms with Crippen LogP contribution in [0.5, 0.6) is 0 Å². The van der Waals surface area contributed by atoms with Crippen LogP contribution in [0.4, 0.5) is 0 Å². The molecule has 1 aromatic rings. The molecular weight excluding hydrogens is 180 g/mol. The Hall–Kier alpha value is -1.29. The van der Waals surface area contributed by atoms with Crippen LogP contribution in [0.25, 0.3) is 0 Å². The molecule has 1 saturated heterocycles. The zero-order chi connectivity index (χ0) is 9.97. The summed E-state index contributed by atoms with van der Waals surface area (Å²) in [4.78, 5) is 16.0. The Bertz CT molecular complexity index is 308. The van der Waals surface area contributed by atoms with Gasteiger partial charge >= 0.3 is 0 Å². The molecule has 1 aliphatic rings. The Morgan fingerprint density at radius 1 is 1.64 bits per heavy atom. The van der Waals surface area contributed by atoms with Crippen LogP contribution in [0, 0.1) is 0 Å². The molecule has 2 N–H and O–H groups in total.